The predicted molar refractivity (Wildman–Crippen MR) is 51.5 cm³/mol. The zero-order valence-corrected chi connectivity index (χ0v) is 9.99. The average molecular weight is 280 g/mol. The van der Waals surface area contributed by atoms with Gasteiger partial charge in [-0.25, -0.2) is 0 Å². The Labute approximate surface area is 99.9 Å². The molecule has 0 fully saturated rings. The Hall–Kier alpha value is -0.990. The van der Waals surface area contributed by atoms with Crippen molar-refractivity contribution in [3.05, 3.63) is 0 Å². The highest BCUT2D eigenvalue weighted by Gasteiger charge is 2.62. The van der Waals surface area contributed by atoms with Crippen LogP contribution in [0.1, 0.15) is 13.8 Å². The van der Waals surface area contributed by atoms with E-state index in [0.29, 0.717) is 4.90 Å². The first-order chi connectivity index (χ1) is 7.75. The standard InChI is InChI=1S/C9H14F6N2O/c1-7(2,4-16)17(3)6(18)5(8(10,11)12)9(13,14)15/h5H,4,16H2,1-3H3. The maximum absolute atomic E-state index is 12.3. The SMILES string of the molecule is CN(C(=O)C(C(F)(F)F)C(F)(F)F)C(C)(C)CN. The van der Waals surface area contributed by atoms with Crippen LogP contribution >= 0.6 is 0 Å². The molecule has 0 aromatic heterocycles. The summed E-state index contributed by atoms with van der Waals surface area (Å²) < 4.78 is 73.9. The first-order valence-corrected chi connectivity index (χ1v) is 4.86. The molecule has 108 valence electrons. The number of halogens is 6. The van der Waals surface area contributed by atoms with Gasteiger partial charge in [0.1, 0.15) is 0 Å². The van der Waals surface area contributed by atoms with Crippen molar-refractivity contribution < 1.29 is 31.1 Å². The Morgan fingerprint density at radius 3 is 1.67 bits per heavy atom. The topological polar surface area (TPSA) is 46.3 Å². The molecule has 0 saturated heterocycles. The number of hydrogen-bond acceptors (Lipinski definition) is 2. The van der Waals surface area contributed by atoms with Crippen LogP contribution in [0.4, 0.5) is 26.3 Å². The molecule has 0 bridgehead atoms. The number of amides is 1. The van der Waals surface area contributed by atoms with E-state index in [2.05, 4.69) is 0 Å². The summed E-state index contributed by atoms with van der Waals surface area (Å²) in [6, 6.07) is 0. The molecule has 9 heteroatoms. The predicted octanol–water partition coefficient (Wildman–Crippen LogP) is 1.92. The molecule has 0 aliphatic carbocycles. The number of nitrogens with two attached hydrogens (primary N) is 1. The van der Waals surface area contributed by atoms with Crippen molar-refractivity contribution in [2.45, 2.75) is 31.7 Å². The van der Waals surface area contributed by atoms with Gasteiger partial charge in [-0.1, -0.05) is 0 Å². The van der Waals surface area contributed by atoms with Gasteiger partial charge < -0.3 is 10.6 Å². The van der Waals surface area contributed by atoms with Crippen LogP contribution in [0.3, 0.4) is 0 Å². The molecule has 0 aromatic rings. The maximum atomic E-state index is 12.3. The molecule has 3 nitrogen and oxygen atoms in total. The van der Waals surface area contributed by atoms with Crippen molar-refractivity contribution in [1.29, 1.82) is 0 Å². The lowest BCUT2D eigenvalue weighted by Crippen LogP contribution is -2.56. The zero-order valence-electron chi connectivity index (χ0n) is 9.99. The third-order valence-electron chi connectivity index (χ3n) is 2.64. The van der Waals surface area contributed by atoms with Gasteiger partial charge in [0.25, 0.3) is 0 Å². The van der Waals surface area contributed by atoms with Crippen LogP contribution in [-0.4, -0.2) is 42.3 Å². The fourth-order valence-electron chi connectivity index (χ4n) is 1.09. The lowest BCUT2D eigenvalue weighted by molar-refractivity contribution is -0.278. The molecule has 0 aliphatic rings. The summed E-state index contributed by atoms with van der Waals surface area (Å²) in [5, 5.41) is 0. The average Bonchev–Trinajstić information content (AvgIpc) is 2.11. The fourth-order valence-corrected chi connectivity index (χ4v) is 1.09. The van der Waals surface area contributed by atoms with Crippen LogP contribution in [-0.2, 0) is 4.79 Å². The van der Waals surface area contributed by atoms with Gasteiger partial charge in [-0.2, -0.15) is 26.3 Å². The molecule has 18 heavy (non-hydrogen) atoms. The van der Waals surface area contributed by atoms with Crippen LogP contribution in [0.25, 0.3) is 0 Å². The molecule has 2 N–H and O–H groups in total. The van der Waals surface area contributed by atoms with E-state index in [-0.39, 0.29) is 6.54 Å². The summed E-state index contributed by atoms with van der Waals surface area (Å²) in [5.74, 6) is -6.09. The number of likely N-dealkylation sites (N-methyl/N-ethyl adjacent to an activating group) is 1. The van der Waals surface area contributed by atoms with Crippen molar-refractivity contribution in [3.8, 4) is 0 Å². The van der Waals surface area contributed by atoms with Gasteiger partial charge in [0.05, 0.1) is 0 Å². The largest absolute Gasteiger partial charge is 0.409 e. The van der Waals surface area contributed by atoms with Crippen molar-refractivity contribution >= 4 is 5.91 Å². The first kappa shape index (κ1) is 17.0. The van der Waals surface area contributed by atoms with Crippen LogP contribution in [0.2, 0.25) is 0 Å². The van der Waals surface area contributed by atoms with E-state index in [1.165, 1.54) is 13.8 Å². The molecule has 0 heterocycles. The minimum atomic E-state index is -5.69. The summed E-state index contributed by atoms with van der Waals surface area (Å²) in [4.78, 5) is 11.7. The van der Waals surface area contributed by atoms with E-state index in [1.807, 2.05) is 0 Å². The lowest BCUT2D eigenvalue weighted by atomic mass is 9.99. The van der Waals surface area contributed by atoms with Crippen LogP contribution < -0.4 is 5.73 Å². The monoisotopic (exact) mass is 280 g/mol. The molecule has 0 saturated carbocycles. The summed E-state index contributed by atoms with van der Waals surface area (Å²) >= 11 is 0. The second kappa shape index (κ2) is 4.94. The highest BCUT2D eigenvalue weighted by atomic mass is 19.4. The number of carbonyl (C=O) groups excluding carboxylic acids is 1. The molecule has 0 rings (SSSR count). The minimum absolute atomic E-state index is 0.266. The Balaban J connectivity index is 5.37. The third kappa shape index (κ3) is 3.76. The van der Waals surface area contributed by atoms with E-state index < -0.39 is 29.7 Å². The maximum Gasteiger partial charge on any atom is 0.409 e. The Morgan fingerprint density at radius 1 is 1.11 bits per heavy atom. The van der Waals surface area contributed by atoms with E-state index >= 15 is 0 Å². The van der Waals surface area contributed by atoms with Gasteiger partial charge >= 0.3 is 12.4 Å². The van der Waals surface area contributed by atoms with E-state index in [1.54, 1.807) is 0 Å². The molecule has 0 aliphatic heterocycles. The smallest absolute Gasteiger partial charge is 0.339 e. The fraction of sp³-hybridized carbons (Fsp3) is 0.889. The first-order valence-electron chi connectivity index (χ1n) is 4.86. The zero-order chi connectivity index (χ0) is 14.9. The summed E-state index contributed by atoms with van der Waals surface area (Å²) in [7, 11) is 0.861. The normalized spacial score (nSPS) is 13.9. The van der Waals surface area contributed by atoms with Gasteiger partial charge in [0.15, 0.2) is 0 Å². The molecule has 0 spiro atoms. The van der Waals surface area contributed by atoms with Gasteiger partial charge in [-0.3, -0.25) is 4.79 Å². The van der Waals surface area contributed by atoms with Crippen molar-refractivity contribution in [2.24, 2.45) is 11.7 Å². The number of alkyl halides is 6. The van der Waals surface area contributed by atoms with Crippen LogP contribution in [0.15, 0.2) is 0 Å². The number of carbonyl (C=O) groups is 1. The van der Waals surface area contributed by atoms with Gasteiger partial charge in [0.2, 0.25) is 11.8 Å². The summed E-state index contributed by atoms with van der Waals surface area (Å²) in [6.45, 7) is 2.28. The molecule has 1 amide bonds. The van der Waals surface area contributed by atoms with Crippen molar-refractivity contribution in [3.63, 3.8) is 0 Å². The van der Waals surface area contributed by atoms with E-state index in [4.69, 9.17) is 5.73 Å². The summed E-state index contributed by atoms with van der Waals surface area (Å²) in [5.41, 5.74) is 3.91. The number of nitrogens with zero attached hydrogens (tertiary/aromatic N) is 1. The van der Waals surface area contributed by atoms with Gasteiger partial charge in [-0.05, 0) is 13.8 Å². The Kier molecular flexibility index (Phi) is 4.67. The highest BCUT2D eigenvalue weighted by molar-refractivity contribution is 5.81. The van der Waals surface area contributed by atoms with Gasteiger partial charge in [-0.15, -0.1) is 0 Å². The molecular weight excluding hydrogens is 266 g/mol. The van der Waals surface area contributed by atoms with E-state index in [9.17, 15) is 31.1 Å². The minimum Gasteiger partial charge on any atom is -0.339 e. The van der Waals surface area contributed by atoms with Crippen LogP contribution in [0.5, 0.6) is 0 Å². The highest BCUT2D eigenvalue weighted by Crippen LogP contribution is 2.40. The Morgan fingerprint density at radius 2 is 1.44 bits per heavy atom. The lowest BCUT2D eigenvalue weighted by Gasteiger charge is -2.37. The van der Waals surface area contributed by atoms with Crippen molar-refractivity contribution in [1.82, 2.24) is 4.90 Å². The number of rotatable bonds is 3. The molecule has 0 aromatic carbocycles. The molecule has 0 atom stereocenters. The quantitative estimate of drug-likeness (QED) is 0.803. The second-order valence-electron chi connectivity index (χ2n) is 4.43. The third-order valence-corrected chi connectivity index (χ3v) is 2.64. The van der Waals surface area contributed by atoms with E-state index in [0.717, 1.165) is 7.05 Å². The second-order valence-corrected chi connectivity index (χ2v) is 4.43. The number of hydrogen-bond donors (Lipinski definition) is 1. The molecular formula is C9H14F6N2O. The van der Waals surface area contributed by atoms with Gasteiger partial charge in [0, 0.05) is 19.1 Å². The van der Waals surface area contributed by atoms with Crippen molar-refractivity contribution in [2.75, 3.05) is 13.6 Å². The summed E-state index contributed by atoms with van der Waals surface area (Å²) in [6.07, 6.45) is -11.4. The molecule has 0 unspecified atom stereocenters. The van der Waals surface area contributed by atoms with Crippen LogP contribution in [0, 0.1) is 5.92 Å². The molecule has 0 radical (unpaired) electrons. The Bertz CT molecular complexity index is 295.